The Bertz CT molecular complexity index is 1120. The van der Waals surface area contributed by atoms with E-state index in [1.54, 1.807) is 0 Å². The van der Waals surface area contributed by atoms with Crippen molar-refractivity contribution in [1.29, 1.82) is 0 Å². The molecule has 2 heterocycles. The number of ether oxygens (including phenoxy) is 1. The van der Waals surface area contributed by atoms with Gasteiger partial charge in [-0.1, -0.05) is 56.6 Å². The highest BCUT2D eigenvalue weighted by molar-refractivity contribution is 7.71. The highest BCUT2D eigenvalue weighted by atomic mass is 35.5. The topological polar surface area (TPSA) is 35.2 Å². The van der Waals surface area contributed by atoms with Crippen molar-refractivity contribution in [2.24, 2.45) is 0 Å². The predicted octanol–water partition coefficient (Wildman–Crippen LogP) is 6.30. The fourth-order valence-corrected chi connectivity index (χ4v) is 4.59. The molecule has 7 heteroatoms. The average molecular weight is 485 g/mol. The summed E-state index contributed by atoms with van der Waals surface area (Å²) in [7, 11) is 2.10. The molecule has 1 unspecified atom stereocenters. The van der Waals surface area contributed by atoms with Gasteiger partial charge >= 0.3 is 0 Å². The summed E-state index contributed by atoms with van der Waals surface area (Å²) >= 11 is 12.0. The highest BCUT2D eigenvalue weighted by Gasteiger charge is 2.21. The molecular weight excluding hydrogens is 452 g/mol. The van der Waals surface area contributed by atoms with Gasteiger partial charge in [-0.25, -0.2) is 4.68 Å². The number of aromatic nitrogens is 3. The Morgan fingerprint density at radius 3 is 2.42 bits per heavy atom. The molecule has 1 atom stereocenters. The number of hydrogen-bond acceptors (Lipinski definition) is 4. The maximum atomic E-state index is 6.11. The van der Waals surface area contributed by atoms with Crippen LogP contribution in [0.25, 0.3) is 11.4 Å². The van der Waals surface area contributed by atoms with Gasteiger partial charge in [-0.3, -0.25) is 9.47 Å². The predicted molar refractivity (Wildman–Crippen MR) is 137 cm³/mol. The summed E-state index contributed by atoms with van der Waals surface area (Å²) < 4.78 is 10.6. The van der Waals surface area contributed by atoms with E-state index in [0.717, 1.165) is 43.9 Å². The number of rotatable bonds is 7. The largest absolute Gasteiger partial charge is 0.376 e. The standard InChI is InChI=1S/C26H33ClN4OS/c1-26(2,3)21-11-7-19(8-12-21)16-29(4)18-31-25(33)30(17-23-6-5-15-32-23)24(28-31)20-9-13-22(27)14-10-20/h7-14,23H,5-6,15-18H2,1-4H3. The molecule has 4 rings (SSSR count). The first-order valence-corrected chi connectivity index (χ1v) is 12.3. The van der Waals surface area contributed by atoms with E-state index < -0.39 is 0 Å². The van der Waals surface area contributed by atoms with Gasteiger partial charge in [-0.05, 0) is 72.9 Å². The van der Waals surface area contributed by atoms with Crippen LogP contribution in [0.2, 0.25) is 5.02 Å². The van der Waals surface area contributed by atoms with Gasteiger partial charge in [-0.2, -0.15) is 5.10 Å². The Balaban J connectivity index is 1.55. The molecule has 0 N–H and O–H groups in total. The van der Waals surface area contributed by atoms with Crippen LogP contribution in [0.5, 0.6) is 0 Å². The van der Waals surface area contributed by atoms with Crippen LogP contribution in [-0.4, -0.2) is 39.0 Å². The summed E-state index contributed by atoms with van der Waals surface area (Å²) in [5.74, 6) is 0.857. The summed E-state index contributed by atoms with van der Waals surface area (Å²) in [5, 5.41) is 5.62. The summed E-state index contributed by atoms with van der Waals surface area (Å²) in [6.07, 6.45) is 2.33. The summed E-state index contributed by atoms with van der Waals surface area (Å²) in [6.45, 7) is 9.68. The van der Waals surface area contributed by atoms with Gasteiger partial charge in [0.25, 0.3) is 0 Å². The molecule has 0 aliphatic carbocycles. The van der Waals surface area contributed by atoms with Gasteiger partial charge in [0.15, 0.2) is 10.6 Å². The number of nitrogens with zero attached hydrogens (tertiary/aromatic N) is 4. The van der Waals surface area contributed by atoms with E-state index in [4.69, 9.17) is 33.7 Å². The van der Waals surface area contributed by atoms with E-state index in [2.05, 4.69) is 61.6 Å². The summed E-state index contributed by atoms with van der Waals surface area (Å²) in [6, 6.07) is 16.7. The van der Waals surface area contributed by atoms with Gasteiger partial charge < -0.3 is 4.74 Å². The van der Waals surface area contributed by atoms with Crippen molar-refractivity contribution in [3.05, 3.63) is 69.5 Å². The zero-order valence-electron chi connectivity index (χ0n) is 19.9. The molecule has 1 fully saturated rings. The molecule has 0 saturated carbocycles. The fourth-order valence-electron chi connectivity index (χ4n) is 4.20. The maximum absolute atomic E-state index is 6.11. The maximum Gasteiger partial charge on any atom is 0.199 e. The molecule has 0 bridgehead atoms. The Morgan fingerprint density at radius 1 is 1.12 bits per heavy atom. The van der Waals surface area contributed by atoms with Crippen molar-refractivity contribution in [3.63, 3.8) is 0 Å². The van der Waals surface area contributed by atoms with Crippen molar-refractivity contribution in [1.82, 2.24) is 19.2 Å². The molecular formula is C26H33ClN4OS. The SMILES string of the molecule is CN(Cc1ccc(C(C)(C)C)cc1)Cn1nc(-c2ccc(Cl)cc2)n(CC2CCCO2)c1=S. The number of hydrogen-bond donors (Lipinski definition) is 0. The van der Waals surface area contributed by atoms with E-state index in [1.165, 1.54) is 11.1 Å². The molecule has 3 aromatic rings. The van der Waals surface area contributed by atoms with Crippen LogP contribution in [-0.2, 0) is 29.9 Å². The lowest BCUT2D eigenvalue weighted by Crippen LogP contribution is -2.23. The second kappa shape index (κ2) is 10.1. The fraction of sp³-hybridized carbons (Fsp3) is 0.462. The Hall–Kier alpha value is -1.99. The van der Waals surface area contributed by atoms with Crippen LogP contribution in [0.1, 0.15) is 44.7 Å². The van der Waals surface area contributed by atoms with E-state index in [0.29, 0.717) is 16.5 Å². The number of halogens is 1. The molecule has 0 spiro atoms. The normalized spacial score (nSPS) is 16.6. The minimum absolute atomic E-state index is 0.158. The molecule has 1 saturated heterocycles. The third kappa shape index (κ3) is 5.93. The van der Waals surface area contributed by atoms with Crippen LogP contribution in [0, 0.1) is 4.77 Å². The summed E-state index contributed by atoms with van der Waals surface area (Å²) in [4.78, 5) is 2.23. The van der Waals surface area contributed by atoms with Crippen LogP contribution < -0.4 is 0 Å². The van der Waals surface area contributed by atoms with Crippen molar-refractivity contribution >= 4 is 23.8 Å². The van der Waals surface area contributed by atoms with Crippen molar-refractivity contribution in [2.45, 2.75) is 64.9 Å². The van der Waals surface area contributed by atoms with Crippen molar-refractivity contribution in [3.8, 4) is 11.4 Å². The van der Waals surface area contributed by atoms with Crippen LogP contribution in [0.4, 0.5) is 0 Å². The van der Waals surface area contributed by atoms with Crippen molar-refractivity contribution < 1.29 is 4.74 Å². The van der Waals surface area contributed by atoms with Gasteiger partial charge in [0, 0.05) is 23.7 Å². The quantitative estimate of drug-likeness (QED) is 0.368. The average Bonchev–Trinajstić information content (AvgIpc) is 3.38. The van der Waals surface area contributed by atoms with E-state index in [-0.39, 0.29) is 11.5 Å². The van der Waals surface area contributed by atoms with Gasteiger partial charge in [0.1, 0.15) is 0 Å². The third-order valence-corrected chi connectivity index (χ3v) is 6.77. The van der Waals surface area contributed by atoms with Crippen LogP contribution >= 0.6 is 23.8 Å². The van der Waals surface area contributed by atoms with Crippen LogP contribution in [0.3, 0.4) is 0 Å². The third-order valence-electron chi connectivity index (χ3n) is 6.08. The molecule has 2 aromatic carbocycles. The molecule has 1 aromatic heterocycles. The van der Waals surface area contributed by atoms with E-state index in [1.807, 2.05) is 28.9 Å². The monoisotopic (exact) mass is 484 g/mol. The molecule has 5 nitrogen and oxygen atoms in total. The molecule has 1 aliphatic rings. The first-order valence-electron chi connectivity index (χ1n) is 11.5. The lowest BCUT2D eigenvalue weighted by Gasteiger charge is -2.20. The lowest BCUT2D eigenvalue weighted by atomic mass is 9.87. The molecule has 1 aliphatic heterocycles. The molecule has 33 heavy (non-hydrogen) atoms. The second-order valence-electron chi connectivity index (χ2n) is 9.96. The zero-order valence-corrected chi connectivity index (χ0v) is 21.5. The Morgan fingerprint density at radius 2 is 1.82 bits per heavy atom. The van der Waals surface area contributed by atoms with Crippen LogP contribution in [0.15, 0.2) is 48.5 Å². The lowest BCUT2D eigenvalue weighted by molar-refractivity contribution is 0.0967. The van der Waals surface area contributed by atoms with E-state index >= 15 is 0 Å². The van der Waals surface area contributed by atoms with E-state index in [9.17, 15) is 0 Å². The minimum Gasteiger partial charge on any atom is -0.376 e. The smallest absolute Gasteiger partial charge is 0.199 e. The Labute approximate surface area is 206 Å². The highest BCUT2D eigenvalue weighted by Crippen LogP contribution is 2.25. The zero-order chi connectivity index (χ0) is 23.6. The minimum atomic E-state index is 0.158. The second-order valence-corrected chi connectivity index (χ2v) is 10.8. The molecule has 176 valence electrons. The molecule has 0 amide bonds. The van der Waals surface area contributed by atoms with Gasteiger partial charge in [0.2, 0.25) is 0 Å². The number of benzene rings is 2. The van der Waals surface area contributed by atoms with Crippen molar-refractivity contribution in [2.75, 3.05) is 13.7 Å². The first-order chi connectivity index (χ1) is 15.7. The van der Waals surface area contributed by atoms with Gasteiger partial charge in [-0.15, -0.1) is 0 Å². The molecule has 0 radical (unpaired) electrons. The van der Waals surface area contributed by atoms with Gasteiger partial charge in [0.05, 0.1) is 19.3 Å². The summed E-state index contributed by atoms with van der Waals surface area (Å²) in [5.41, 5.74) is 3.78. The first kappa shape index (κ1) is 24.1. The Kier molecular flexibility index (Phi) is 7.39.